The van der Waals surface area contributed by atoms with Gasteiger partial charge in [0, 0.05) is 35.9 Å². The number of carboxylic acid groups (broad SMARTS) is 1. The highest BCUT2D eigenvalue weighted by Crippen LogP contribution is 2.42. The number of halogens is 5. The van der Waals surface area contributed by atoms with Gasteiger partial charge in [-0.3, -0.25) is 14.6 Å². The van der Waals surface area contributed by atoms with E-state index in [2.05, 4.69) is 15.6 Å². The highest BCUT2D eigenvalue weighted by Gasteiger charge is 2.39. The maximum absolute atomic E-state index is 15.9. The number of benzene rings is 4. The third kappa shape index (κ3) is 11.1. The highest BCUT2D eigenvalue weighted by molar-refractivity contribution is 6.35. The van der Waals surface area contributed by atoms with Gasteiger partial charge in [0.1, 0.15) is 23.9 Å². The summed E-state index contributed by atoms with van der Waals surface area (Å²) in [5.41, 5.74) is 0.613. The Balaban J connectivity index is 1.17. The van der Waals surface area contributed by atoms with Crippen molar-refractivity contribution < 1.29 is 46.9 Å². The molecule has 2 amide bonds. The number of aliphatic carboxylic acids is 1. The molecule has 0 saturated heterocycles. The molecule has 10 nitrogen and oxygen atoms in total. The van der Waals surface area contributed by atoms with Gasteiger partial charge < -0.3 is 25.2 Å². The van der Waals surface area contributed by atoms with E-state index in [1.165, 1.54) is 79.9 Å². The summed E-state index contributed by atoms with van der Waals surface area (Å²) < 4.78 is 57.6. The smallest absolute Gasteiger partial charge is 0.397 e. The Bertz CT molecular complexity index is 2290. The van der Waals surface area contributed by atoms with Crippen LogP contribution in [0.4, 0.5) is 18.9 Å². The number of hydrogen-bond donors (Lipinski definition) is 3. The summed E-state index contributed by atoms with van der Waals surface area (Å²) >= 11 is 12.2. The largest absolute Gasteiger partial charge is 0.480 e. The quantitative estimate of drug-likeness (QED) is 0.0702. The molecule has 0 aliphatic heterocycles. The van der Waals surface area contributed by atoms with Gasteiger partial charge in [-0.1, -0.05) is 109 Å². The number of rotatable bonds is 15. The van der Waals surface area contributed by atoms with E-state index in [9.17, 15) is 24.3 Å². The van der Waals surface area contributed by atoms with Crippen LogP contribution in [0.25, 0.3) is 0 Å². The molecule has 5 rings (SSSR count). The van der Waals surface area contributed by atoms with E-state index in [-0.39, 0.29) is 47.0 Å². The molecule has 4 aromatic carbocycles. The van der Waals surface area contributed by atoms with E-state index in [0.717, 1.165) is 6.07 Å². The van der Waals surface area contributed by atoms with Crippen molar-refractivity contribution in [1.29, 1.82) is 0 Å². The molecule has 0 radical (unpaired) electrons. The number of nitrogens with zero attached hydrogens (tertiary/aromatic N) is 1. The summed E-state index contributed by atoms with van der Waals surface area (Å²) in [6, 6.07) is 23.6. The first-order valence-electron chi connectivity index (χ1n) is 17.8. The molecule has 2 atom stereocenters. The molecule has 1 aromatic heterocycles. The van der Waals surface area contributed by atoms with E-state index >= 15 is 13.2 Å². The minimum Gasteiger partial charge on any atom is -0.480 e. The van der Waals surface area contributed by atoms with Gasteiger partial charge in [0.2, 0.25) is 5.91 Å². The maximum atomic E-state index is 15.9. The summed E-state index contributed by atoms with van der Waals surface area (Å²) in [6.07, 6.45) is 0.911. The fourth-order valence-electron chi connectivity index (χ4n) is 5.97. The summed E-state index contributed by atoms with van der Waals surface area (Å²) in [5, 5.41) is 15.0. The van der Waals surface area contributed by atoms with Gasteiger partial charge in [0.05, 0.1) is 16.5 Å². The normalized spacial score (nSPS) is 12.6. The number of hydrogen-bond acceptors (Lipinski definition) is 7. The van der Waals surface area contributed by atoms with E-state index in [4.69, 9.17) is 32.7 Å². The SMILES string of the molecule is CC(c1cccc(CC(NC(=O)C(=O)OCc2ccccc2)C(=O)O)c1)C(F)(F)c1ccc(CC(=O)Nc2ccc(OC(C)(C)c3ncc(Cl)cc3Cl)c(F)c2)cc1. The zero-order chi connectivity index (χ0) is 42.2. The van der Waals surface area contributed by atoms with Gasteiger partial charge in [-0.25, -0.2) is 22.8 Å². The average Bonchev–Trinajstić information content (AvgIpc) is 3.17. The van der Waals surface area contributed by atoms with Crippen molar-refractivity contribution >= 4 is 52.6 Å². The molecule has 0 aliphatic rings. The monoisotopic (exact) mass is 835 g/mol. The second kappa shape index (κ2) is 18.6. The van der Waals surface area contributed by atoms with Crippen LogP contribution in [0, 0.1) is 5.82 Å². The zero-order valence-electron chi connectivity index (χ0n) is 31.4. The third-order valence-electron chi connectivity index (χ3n) is 9.10. The van der Waals surface area contributed by atoms with Crippen molar-refractivity contribution in [3.8, 4) is 5.75 Å². The number of carbonyl (C=O) groups excluding carboxylic acids is 3. The Morgan fingerprint density at radius 2 is 1.55 bits per heavy atom. The van der Waals surface area contributed by atoms with Crippen LogP contribution in [0.2, 0.25) is 10.0 Å². The van der Waals surface area contributed by atoms with Crippen LogP contribution in [-0.2, 0) is 54.9 Å². The van der Waals surface area contributed by atoms with Crippen LogP contribution >= 0.6 is 23.2 Å². The Labute approximate surface area is 342 Å². The van der Waals surface area contributed by atoms with Crippen molar-refractivity contribution in [2.75, 3.05) is 5.32 Å². The second-order valence-corrected chi connectivity index (χ2v) is 14.7. The predicted octanol–water partition coefficient (Wildman–Crippen LogP) is 8.77. The number of carboxylic acids is 1. The van der Waals surface area contributed by atoms with Gasteiger partial charge in [-0.2, -0.15) is 0 Å². The molecule has 0 fully saturated rings. The van der Waals surface area contributed by atoms with Crippen LogP contribution in [0.15, 0.2) is 109 Å². The zero-order valence-corrected chi connectivity index (χ0v) is 32.9. The maximum Gasteiger partial charge on any atom is 0.397 e. The number of nitrogens with one attached hydrogen (secondary N) is 2. The third-order valence-corrected chi connectivity index (χ3v) is 9.59. The van der Waals surface area contributed by atoms with E-state index in [0.29, 0.717) is 27.4 Å². The highest BCUT2D eigenvalue weighted by atomic mass is 35.5. The van der Waals surface area contributed by atoms with Crippen LogP contribution in [0.1, 0.15) is 60.2 Å². The molecule has 1 heterocycles. The lowest BCUT2D eigenvalue weighted by molar-refractivity contribution is -0.157. The van der Waals surface area contributed by atoms with Gasteiger partial charge in [-0.15, -0.1) is 0 Å². The van der Waals surface area contributed by atoms with Crippen molar-refractivity contribution in [1.82, 2.24) is 10.3 Å². The average molecular weight is 837 g/mol. The summed E-state index contributed by atoms with van der Waals surface area (Å²) in [6.45, 7) is 4.45. The van der Waals surface area contributed by atoms with E-state index < -0.39 is 53.1 Å². The topological polar surface area (TPSA) is 144 Å². The van der Waals surface area contributed by atoms with Gasteiger partial charge >= 0.3 is 17.8 Å². The second-order valence-electron chi connectivity index (χ2n) is 13.9. The Kier molecular flexibility index (Phi) is 13.8. The fourth-order valence-corrected chi connectivity index (χ4v) is 6.58. The molecule has 5 aromatic rings. The first-order chi connectivity index (χ1) is 27.4. The lowest BCUT2D eigenvalue weighted by Crippen LogP contribution is -2.45. The molecule has 3 N–H and O–H groups in total. The van der Waals surface area contributed by atoms with Crippen molar-refractivity contribution in [2.45, 2.75) is 63.7 Å². The first-order valence-corrected chi connectivity index (χ1v) is 18.6. The minimum absolute atomic E-state index is 0.111. The molecular weight excluding hydrogens is 798 g/mol. The number of anilines is 1. The molecule has 0 bridgehead atoms. The number of amides is 2. The van der Waals surface area contributed by atoms with Gasteiger partial charge in [0.25, 0.3) is 5.92 Å². The van der Waals surface area contributed by atoms with Gasteiger partial charge in [-0.05, 0) is 54.3 Å². The summed E-state index contributed by atoms with van der Waals surface area (Å²) in [4.78, 5) is 53.6. The summed E-state index contributed by atoms with van der Waals surface area (Å²) in [5.74, 6) is -10.1. The molecule has 0 spiro atoms. The molecule has 15 heteroatoms. The Morgan fingerprint density at radius 1 is 0.862 bits per heavy atom. The van der Waals surface area contributed by atoms with Crippen LogP contribution in [-0.4, -0.2) is 39.9 Å². The number of pyridine rings is 1. The van der Waals surface area contributed by atoms with Crippen molar-refractivity contribution in [3.63, 3.8) is 0 Å². The van der Waals surface area contributed by atoms with E-state index in [1.807, 2.05) is 0 Å². The molecule has 58 heavy (non-hydrogen) atoms. The lowest BCUT2D eigenvalue weighted by atomic mass is 9.88. The van der Waals surface area contributed by atoms with E-state index in [1.54, 1.807) is 44.2 Å². The molecule has 0 saturated carbocycles. The van der Waals surface area contributed by atoms with Crippen LogP contribution < -0.4 is 15.4 Å². The summed E-state index contributed by atoms with van der Waals surface area (Å²) in [7, 11) is 0. The molecular formula is C43H38Cl2F3N3O7. The fraction of sp³-hybridized carbons (Fsp3) is 0.233. The number of carbonyl (C=O) groups is 4. The predicted molar refractivity (Wildman–Crippen MR) is 211 cm³/mol. The number of aromatic nitrogens is 1. The Morgan fingerprint density at radius 3 is 2.21 bits per heavy atom. The molecule has 302 valence electrons. The van der Waals surface area contributed by atoms with Crippen molar-refractivity contribution in [2.24, 2.45) is 0 Å². The number of ether oxygens (including phenoxy) is 2. The molecule has 0 aliphatic carbocycles. The number of esters is 1. The number of alkyl halides is 2. The van der Waals surface area contributed by atoms with Gasteiger partial charge in [0.15, 0.2) is 11.6 Å². The molecule has 2 unspecified atom stereocenters. The standard InChI is InChI=1S/C43H38Cl2F3N3O7/c1-25(29-11-7-10-28(18-29)19-35(40(54)55)51-39(53)41(56)57-24-27-8-5-4-6-9-27)43(47,48)30-14-12-26(13-15-30)20-37(52)50-32-16-17-36(34(46)22-32)58-42(2,3)38-33(45)21-31(44)23-49-38/h4-18,21-23,25,35H,19-20,24H2,1-3H3,(H,50,52)(H,51,53)(H,54,55). The minimum atomic E-state index is -3.40. The first kappa shape index (κ1) is 43.2. The van der Waals surface area contributed by atoms with Crippen LogP contribution in [0.3, 0.4) is 0 Å². The van der Waals surface area contributed by atoms with Crippen molar-refractivity contribution in [3.05, 3.63) is 159 Å². The Hall–Kier alpha value is -5.92. The lowest BCUT2D eigenvalue weighted by Gasteiger charge is -2.27. The van der Waals surface area contributed by atoms with Crippen LogP contribution in [0.5, 0.6) is 5.75 Å².